The van der Waals surface area contributed by atoms with Crippen LogP contribution in [0.25, 0.3) is 20.8 Å². The zero-order valence-electron chi connectivity index (χ0n) is 22.0. The fraction of sp³-hybridized carbons (Fsp3) is 0.630. The monoisotopic (exact) mass is 540 g/mol. The van der Waals surface area contributed by atoms with Crippen LogP contribution in [0, 0.1) is 18.8 Å². The number of fused-ring (bicyclic) bond motifs is 1. The molecular weight excluding hydrogens is 504 g/mol. The first kappa shape index (κ1) is 25.8. The molecule has 0 saturated heterocycles. The number of nitrogens with one attached hydrogen (secondary N) is 2. The molecule has 0 aromatic carbocycles. The first-order valence-corrected chi connectivity index (χ1v) is 14.3. The number of ether oxygens (including phenoxy) is 1. The molecule has 3 aromatic rings. The highest BCUT2D eigenvalue weighted by Gasteiger charge is 2.42. The van der Waals surface area contributed by atoms with Gasteiger partial charge in [0.1, 0.15) is 22.4 Å². The van der Waals surface area contributed by atoms with Crippen LogP contribution in [0.2, 0.25) is 0 Å². The van der Waals surface area contributed by atoms with Crippen LogP contribution in [0.4, 0.5) is 11.8 Å². The van der Waals surface area contributed by atoms with Crippen LogP contribution in [-0.4, -0.2) is 79.4 Å². The molecule has 0 aliphatic heterocycles. The third-order valence-electron chi connectivity index (χ3n) is 8.49. The van der Waals surface area contributed by atoms with Crippen LogP contribution in [0.15, 0.2) is 12.3 Å². The van der Waals surface area contributed by atoms with E-state index in [2.05, 4.69) is 22.5 Å². The number of nitrogens with zero attached hydrogens (tertiary/aromatic N) is 4. The molecule has 204 valence electrons. The van der Waals surface area contributed by atoms with E-state index >= 15 is 0 Å². The number of thiazole rings is 1. The number of aromatic nitrogens is 4. The molecular formula is C27H36N6O4S. The van der Waals surface area contributed by atoms with Crippen LogP contribution in [-0.2, 0) is 4.74 Å². The van der Waals surface area contributed by atoms with Gasteiger partial charge in [-0.3, -0.25) is 4.98 Å². The normalized spacial score (nSPS) is 29.8. The highest BCUT2D eigenvalue weighted by Crippen LogP contribution is 2.44. The summed E-state index contributed by atoms with van der Waals surface area (Å²) in [5.74, 6) is 1.63. The Bertz CT molecular complexity index is 1310. The Labute approximate surface area is 225 Å². The van der Waals surface area contributed by atoms with Crippen LogP contribution in [0.5, 0.6) is 0 Å². The SMILES string of the molecule is COC1CC([C@@H](C)Nc2nc(C)c(-c3nc4c(C5CC5)nccc4s3)c(N[C@@H]3C[C@H](CO)[C@@H](O)[C@H]3O)n2)C1. The zero-order valence-corrected chi connectivity index (χ0v) is 22.8. The Balaban J connectivity index is 1.36. The van der Waals surface area contributed by atoms with Gasteiger partial charge in [0, 0.05) is 37.8 Å². The van der Waals surface area contributed by atoms with E-state index in [9.17, 15) is 15.3 Å². The molecule has 38 heavy (non-hydrogen) atoms. The number of pyridine rings is 1. The van der Waals surface area contributed by atoms with Gasteiger partial charge in [-0.15, -0.1) is 11.3 Å². The second kappa shape index (κ2) is 10.3. The fourth-order valence-corrected chi connectivity index (χ4v) is 6.86. The van der Waals surface area contributed by atoms with Crippen molar-refractivity contribution in [3.8, 4) is 10.6 Å². The molecule has 3 aromatic heterocycles. The molecule has 0 radical (unpaired) electrons. The van der Waals surface area contributed by atoms with Crippen molar-refractivity contribution >= 4 is 33.3 Å². The number of hydrogen-bond donors (Lipinski definition) is 5. The van der Waals surface area contributed by atoms with Crippen molar-refractivity contribution in [2.75, 3.05) is 24.4 Å². The van der Waals surface area contributed by atoms with Crippen molar-refractivity contribution in [1.82, 2.24) is 19.9 Å². The maximum atomic E-state index is 10.7. The molecule has 11 heteroatoms. The van der Waals surface area contributed by atoms with Gasteiger partial charge in [0.2, 0.25) is 5.95 Å². The van der Waals surface area contributed by atoms with E-state index in [0.29, 0.717) is 36.1 Å². The van der Waals surface area contributed by atoms with Gasteiger partial charge in [-0.25, -0.2) is 9.97 Å². The molecule has 3 aliphatic carbocycles. The fourth-order valence-electron chi connectivity index (χ4n) is 5.79. The van der Waals surface area contributed by atoms with E-state index in [1.54, 1.807) is 18.4 Å². The van der Waals surface area contributed by atoms with Gasteiger partial charge in [0.25, 0.3) is 0 Å². The van der Waals surface area contributed by atoms with Crippen molar-refractivity contribution in [3.05, 3.63) is 23.7 Å². The summed E-state index contributed by atoms with van der Waals surface area (Å²) in [5.41, 5.74) is 3.54. The molecule has 10 nitrogen and oxygen atoms in total. The Hall–Kier alpha value is -2.44. The van der Waals surface area contributed by atoms with E-state index in [1.807, 2.05) is 19.2 Å². The number of aryl methyl sites for hydroxylation is 1. The third-order valence-corrected chi connectivity index (χ3v) is 9.53. The van der Waals surface area contributed by atoms with Gasteiger partial charge in [-0.05, 0) is 57.9 Å². The number of aliphatic hydroxyl groups excluding tert-OH is 3. The molecule has 0 unspecified atom stereocenters. The van der Waals surface area contributed by atoms with E-state index in [-0.39, 0.29) is 12.6 Å². The minimum Gasteiger partial charge on any atom is -0.396 e. The molecule has 6 rings (SSSR count). The zero-order chi connectivity index (χ0) is 26.6. The summed E-state index contributed by atoms with van der Waals surface area (Å²) in [4.78, 5) is 19.3. The second-order valence-corrected chi connectivity index (χ2v) is 12.2. The average molecular weight is 541 g/mol. The molecule has 0 spiro atoms. The van der Waals surface area contributed by atoms with Crippen molar-refractivity contribution in [2.45, 2.75) is 82.3 Å². The van der Waals surface area contributed by atoms with Gasteiger partial charge in [-0.1, -0.05) is 0 Å². The highest BCUT2D eigenvalue weighted by molar-refractivity contribution is 7.21. The predicted octanol–water partition coefficient (Wildman–Crippen LogP) is 3.07. The second-order valence-electron chi connectivity index (χ2n) is 11.1. The number of rotatable bonds is 9. The summed E-state index contributed by atoms with van der Waals surface area (Å²) in [6.07, 6.45) is 4.88. The predicted molar refractivity (Wildman–Crippen MR) is 146 cm³/mol. The minimum atomic E-state index is -1.02. The maximum Gasteiger partial charge on any atom is 0.225 e. The van der Waals surface area contributed by atoms with Gasteiger partial charge in [-0.2, -0.15) is 4.98 Å². The third kappa shape index (κ3) is 4.75. The molecule has 3 fully saturated rings. The number of methoxy groups -OCH3 is 1. The number of anilines is 2. The smallest absolute Gasteiger partial charge is 0.225 e. The van der Waals surface area contributed by atoms with Gasteiger partial charge in [0.05, 0.1) is 39.9 Å². The van der Waals surface area contributed by atoms with Crippen LogP contribution in [0.3, 0.4) is 0 Å². The van der Waals surface area contributed by atoms with Crippen molar-refractivity contribution < 1.29 is 20.1 Å². The lowest BCUT2D eigenvalue weighted by molar-refractivity contribution is -0.00343. The Morgan fingerprint density at radius 3 is 2.61 bits per heavy atom. The van der Waals surface area contributed by atoms with Crippen molar-refractivity contribution in [2.24, 2.45) is 11.8 Å². The Morgan fingerprint density at radius 1 is 1.13 bits per heavy atom. The molecule has 5 atom stereocenters. The first-order valence-electron chi connectivity index (χ1n) is 13.5. The van der Waals surface area contributed by atoms with Crippen molar-refractivity contribution in [3.63, 3.8) is 0 Å². The molecule has 0 amide bonds. The number of aliphatic hydroxyl groups is 3. The summed E-state index contributed by atoms with van der Waals surface area (Å²) in [7, 11) is 1.75. The molecule has 3 aliphatic rings. The molecule has 5 N–H and O–H groups in total. The first-order chi connectivity index (χ1) is 18.4. The lowest BCUT2D eigenvalue weighted by atomic mass is 9.78. The van der Waals surface area contributed by atoms with Crippen LogP contribution in [0.1, 0.15) is 56.3 Å². The average Bonchev–Trinajstić information content (AvgIpc) is 3.56. The molecule has 3 heterocycles. The summed E-state index contributed by atoms with van der Waals surface area (Å²) < 4.78 is 6.52. The van der Waals surface area contributed by atoms with Gasteiger partial charge >= 0.3 is 0 Å². The van der Waals surface area contributed by atoms with Crippen LogP contribution < -0.4 is 10.6 Å². The molecule has 0 bridgehead atoms. The summed E-state index contributed by atoms with van der Waals surface area (Å²) >= 11 is 1.59. The number of hydrogen-bond acceptors (Lipinski definition) is 11. The van der Waals surface area contributed by atoms with Gasteiger partial charge < -0.3 is 30.7 Å². The molecule has 3 saturated carbocycles. The quantitative estimate of drug-likeness (QED) is 0.274. The maximum absolute atomic E-state index is 10.7. The van der Waals surface area contributed by atoms with Gasteiger partial charge in [0.15, 0.2) is 0 Å². The Kier molecular flexibility index (Phi) is 6.98. The minimum absolute atomic E-state index is 0.173. The Morgan fingerprint density at radius 2 is 1.92 bits per heavy atom. The van der Waals surface area contributed by atoms with E-state index in [0.717, 1.165) is 57.9 Å². The summed E-state index contributed by atoms with van der Waals surface area (Å²) in [6.45, 7) is 3.90. The summed E-state index contributed by atoms with van der Waals surface area (Å²) in [6, 6.07) is 1.71. The van der Waals surface area contributed by atoms with Crippen molar-refractivity contribution in [1.29, 1.82) is 0 Å². The van der Waals surface area contributed by atoms with E-state index in [1.165, 1.54) is 0 Å². The standard InChI is InChI=1S/C27H36N6O4S/c1-12(15-8-17(9-15)37-3)29-27-30-13(2)20(25(33-27)31-18-10-16(11-34)23(35)24(18)36)26-32-22-19(38-26)6-7-28-21(22)14-4-5-14/h6-7,12,14-18,23-24,34-36H,4-5,8-11H2,1-3H3,(H2,29,30,31,33)/t12-,15?,16-,17?,18-,23-,24+/m1/s1. The topological polar surface area (TPSA) is 146 Å². The van der Waals surface area contributed by atoms with Crippen LogP contribution >= 0.6 is 11.3 Å². The lowest BCUT2D eigenvalue weighted by Gasteiger charge is -2.38. The van der Waals surface area contributed by atoms with E-state index in [4.69, 9.17) is 19.7 Å². The van der Waals surface area contributed by atoms with E-state index < -0.39 is 24.2 Å². The lowest BCUT2D eigenvalue weighted by Crippen LogP contribution is -2.40. The summed E-state index contributed by atoms with van der Waals surface area (Å²) in [5, 5.41) is 38.5. The highest BCUT2D eigenvalue weighted by atomic mass is 32.1. The largest absolute Gasteiger partial charge is 0.396 e.